The van der Waals surface area contributed by atoms with Crippen molar-refractivity contribution in [3.63, 3.8) is 0 Å². The number of amides is 1. The van der Waals surface area contributed by atoms with Gasteiger partial charge in [-0.1, -0.05) is 25.1 Å². The Kier molecular flexibility index (Phi) is 4.36. The van der Waals surface area contributed by atoms with Crippen LogP contribution in [-0.2, 0) is 11.0 Å². The molecule has 3 nitrogen and oxygen atoms in total. The van der Waals surface area contributed by atoms with Crippen molar-refractivity contribution < 1.29 is 18.0 Å². The van der Waals surface area contributed by atoms with Crippen LogP contribution in [-0.4, -0.2) is 25.0 Å². The van der Waals surface area contributed by atoms with Crippen molar-refractivity contribution in [2.75, 3.05) is 13.1 Å². The van der Waals surface area contributed by atoms with E-state index in [-0.39, 0.29) is 23.8 Å². The molecule has 126 valence electrons. The van der Waals surface area contributed by atoms with Crippen LogP contribution in [0.4, 0.5) is 13.2 Å². The van der Waals surface area contributed by atoms with Crippen molar-refractivity contribution in [3.8, 4) is 0 Å². The van der Waals surface area contributed by atoms with Gasteiger partial charge in [-0.15, -0.1) is 0 Å². The van der Waals surface area contributed by atoms with Crippen molar-refractivity contribution in [2.24, 2.45) is 11.8 Å². The largest absolute Gasteiger partial charge is 0.416 e. The van der Waals surface area contributed by atoms with Crippen LogP contribution in [0.1, 0.15) is 36.8 Å². The Morgan fingerprint density at radius 2 is 2.13 bits per heavy atom. The lowest BCUT2D eigenvalue weighted by molar-refractivity contribution is -0.137. The van der Waals surface area contributed by atoms with Crippen LogP contribution in [0.3, 0.4) is 0 Å². The predicted molar refractivity (Wildman–Crippen MR) is 80.9 cm³/mol. The molecule has 0 spiro atoms. The molecule has 2 N–H and O–H groups in total. The van der Waals surface area contributed by atoms with E-state index in [1.165, 1.54) is 12.1 Å². The normalized spacial score (nSPS) is 30.8. The summed E-state index contributed by atoms with van der Waals surface area (Å²) < 4.78 is 38.3. The molecule has 0 bridgehead atoms. The van der Waals surface area contributed by atoms with Crippen LogP contribution in [0.25, 0.3) is 0 Å². The van der Waals surface area contributed by atoms with Gasteiger partial charge >= 0.3 is 6.18 Å². The number of halogens is 3. The number of alkyl halides is 3. The number of rotatable bonds is 3. The first-order valence-electron chi connectivity index (χ1n) is 8.04. The van der Waals surface area contributed by atoms with E-state index in [1.54, 1.807) is 6.07 Å². The molecule has 0 radical (unpaired) electrons. The summed E-state index contributed by atoms with van der Waals surface area (Å²) in [5.74, 6) is 0.0932. The minimum atomic E-state index is -4.34. The Morgan fingerprint density at radius 1 is 1.35 bits per heavy atom. The fraction of sp³-hybridized carbons (Fsp3) is 0.588. The summed E-state index contributed by atoms with van der Waals surface area (Å²) in [4.78, 5) is 12.3. The van der Waals surface area contributed by atoms with Gasteiger partial charge in [-0.3, -0.25) is 4.79 Å². The molecular formula is C17H21F3N2O. The molecule has 2 fully saturated rings. The molecule has 1 aliphatic heterocycles. The molecule has 0 aromatic heterocycles. The topological polar surface area (TPSA) is 41.1 Å². The average Bonchev–Trinajstić information content (AvgIpc) is 3.29. The molecular weight excluding hydrogens is 305 g/mol. The standard InChI is InChI=1S/C17H21F3N2O/c1-10-5-6-21-9-15(10)22-16(23)14-8-13(14)11-3-2-4-12(7-11)17(18,19)20/h2-4,7,10,13-15,21H,5-6,8-9H2,1H3,(H,22,23). The number of carbonyl (C=O) groups is 1. The van der Waals surface area contributed by atoms with Crippen LogP contribution in [0.5, 0.6) is 0 Å². The fourth-order valence-electron chi connectivity index (χ4n) is 3.27. The molecule has 1 amide bonds. The Hall–Kier alpha value is -1.56. The average molecular weight is 326 g/mol. The lowest BCUT2D eigenvalue weighted by atomic mass is 9.94. The smallest absolute Gasteiger partial charge is 0.352 e. The zero-order chi connectivity index (χ0) is 16.6. The Balaban J connectivity index is 1.62. The first-order chi connectivity index (χ1) is 10.9. The van der Waals surface area contributed by atoms with Gasteiger partial charge in [0.1, 0.15) is 0 Å². The molecule has 1 aliphatic carbocycles. The maximum absolute atomic E-state index is 12.8. The highest BCUT2D eigenvalue weighted by Gasteiger charge is 2.45. The summed E-state index contributed by atoms with van der Waals surface area (Å²) in [5.41, 5.74) is -0.0408. The van der Waals surface area contributed by atoms with Crippen LogP contribution in [0.15, 0.2) is 24.3 Å². The monoisotopic (exact) mass is 326 g/mol. The summed E-state index contributed by atoms with van der Waals surface area (Å²) in [5, 5.41) is 6.31. The second kappa shape index (κ2) is 6.15. The molecule has 6 heteroatoms. The molecule has 4 atom stereocenters. The number of hydrogen-bond donors (Lipinski definition) is 2. The minimum Gasteiger partial charge on any atom is -0.352 e. The number of benzene rings is 1. The second-order valence-electron chi connectivity index (χ2n) is 6.66. The molecule has 3 rings (SSSR count). The minimum absolute atomic E-state index is 0.0343. The summed E-state index contributed by atoms with van der Waals surface area (Å²) in [6, 6.07) is 5.44. The zero-order valence-electron chi connectivity index (χ0n) is 13.0. The molecule has 4 unspecified atom stereocenters. The van der Waals surface area contributed by atoms with Gasteiger partial charge in [-0.05, 0) is 42.9 Å². The van der Waals surface area contributed by atoms with Gasteiger partial charge in [0.2, 0.25) is 5.91 Å². The zero-order valence-corrected chi connectivity index (χ0v) is 13.0. The number of piperidine rings is 1. The van der Waals surface area contributed by atoms with Crippen molar-refractivity contribution >= 4 is 5.91 Å². The van der Waals surface area contributed by atoms with Crippen LogP contribution in [0, 0.1) is 11.8 Å². The van der Waals surface area contributed by atoms with E-state index in [1.807, 2.05) is 0 Å². The maximum Gasteiger partial charge on any atom is 0.416 e. The van der Waals surface area contributed by atoms with Crippen LogP contribution in [0.2, 0.25) is 0 Å². The predicted octanol–water partition coefficient (Wildman–Crippen LogP) is 2.92. The second-order valence-corrected chi connectivity index (χ2v) is 6.66. The van der Waals surface area contributed by atoms with Crippen molar-refractivity contribution in [3.05, 3.63) is 35.4 Å². The molecule has 2 aliphatic rings. The van der Waals surface area contributed by atoms with Gasteiger partial charge in [-0.2, -0.15) is 13.2 Å². The highest BCUT2D eigenvalue weighted by molar-refractivity contribution is 5.83. The molecule has 1 aromatic rings. The van der Waals surface area contributed by atoms with E-state index in [9.17, 15) is 18.0 Å². The fourth-order valence-corrected chi connectivity index (χ4v) is 3.27. The van der Waals surface area contributed by atoms with Gasteiger partial charge < -0.3 is 10.6 Å². The van der Waals surface area contributed by atoms with Crippen LogP contribution < -0.4 is 10.6 Å². The molecule has 23 heavy (non-hydrogen) atoms. The lowest BCUT2D eigenvalue weighted by Crippen LogP contribution is -2.50. The van der Waals surface area contributed by atoms with Crippen molar-refractivity contribution in [1.82, 2.24) is 10.6 Å². The molecule has 1 saturated heterocycles. The molecule has 1 heterocycles. The summed E-state index contributed by atoms with van der Waals surface area (Å²) in [6.07, 6.45) is -2.69. The Labute approximate surface area is 133 Å². The highest BCUT2D eigenvalue weighted by Crippen LogP contribution is 2.48. The van der Waals surface area contributed by atoms with Crippen molar-refractivity contribution in [2.45, 2.75) is 37.9 Å². The summed E-state index contributed by atoms with van der Waals surface area (Å²) in [7, 11) is 0. The van der Waals surface area contributed by atoms with Gasteiger partial charge in [0.15, 0.2) is 0 Å². The van der Waals surface area contributed by atoms with Gasteiger partial charge in [0.05, 0.1) is 5.56 Å². The van der Waals surface area contributed by atoms with Crippen molar-refractivity contribution in [1.29, 1.82) is 0 Å². The van der Waals surface area contributed by atoms with E-state index in [0.717, 1.165) is 25.6 Å². The van der Waals surface area contributed by atoms with E-state index in [0.29, 0.717) is 17.9 Å². The van der Waals surface area contributed by atoms with Crippen LogP contribution >= 0.6 is 0 Å². The first kappa shape index (κ1) is 16.3. The first-order valence-corrected chi connectivity index (χ1v) is 8.04. The summed E-state index contributed by atoms with van der Waals surface area (Å²) in [6.45, 7) is 3.83. The third-order valence-electron chi connectivity index (χ3n) is 4.92. The third-order valence-corrected chi connectivity index (χ3v) is 4.92. The Bertz CT molecular complexity index is 587. The number of nitrogens with one attached hydrogen (secondary N) is 2. The van der Waals surface area contributed by atoms with Gasteiger partial charge in [0, 0.05) is 18.5 Å². The molecule has 1 aromatic carbocycles. The van der Waals surface area contributed by atoms with Gasteiger partial charge in [0.25, 0.3) is 0 Å². The number of hydrogen-bond acceptors (Lipinski definition) is 2. The van der Waals surface area contributed by atoms with E-state index in [2.05, 4.69) is 17.6 Å². The van der Waals surface area contributed by atoms with E-state index >= 15 is 0 Å². The molecule has 1 saturated carbocycles. The van der Waals surface area contributed by atoms with E-state index in [4.69, 9.17) is 0 Å². The quantitative estimate of drug-likeness (QED) is 0.897. The van der Waals surface area contributed by atoms with Gasteiger partial charge in [-0.25, -0.2) is 0 Å². The van der Waals surface area contributed by atoms with E-state index < -0.39 is 11.7 Å². The SMILES string of the molecule is CC1CCNCC1NC(=O)C1CC1c1cccc(C(F)(F)F)c1. The Morgan fingerprint density at radius 3 is 2.83 bits per heavy atom. The lowest BCUT2D eigenvalue weighted by Gasteiger charge is -2.30. The number of carbonyl (C=O) groups excluding carboxylic acids is 1. The maximum atomic E-state index is 12.8. The third kappa shape index (κ3) is 3.68. The summed E-state index contributed by atoms with van der Waals surface area (Å²) >= 11 is 0. The highest BCUT2D eigenvalue weighted by atomic mass is 19.4.